The third-order valence-corrected chi connectivity index (χ3v) is 3.07. The fourth-order valence-corrected chi connectivity index (χ4v) is 1.85. The van der Waals surface area contributed by atoms with Gasteiger partial charge in [0, 0.05) is 19.5 Å². The topological polar surface area (TPSA) is 67.4 Å². The maximum absolute atomic E-state index is 11.6. The highest BCUT2D eigenvalue weighted by atomic mass is 16.5. The summed E-state index contributed by atoms with van der Waals surface area (Å²) in [4.78, 5) is 22.6. The van der Waals surface area contributed by atoms with Gasteiger partial charge in [-0.15, -0.1) is 0 Å². The van der Waals surface area contributed by atoms with Gasteiger partial charge in [0.1, 0.15) is 6.04 Å². The van der Waals surface area contributed by atoms with E-state index in [1.165, 1.54) is 19.6 Å². The molecule has 1 amide bonds. The number of carbonyl (C=O) groups excluding carboxylic acids is 2. The Morgan fingerprint density at radius 1 is 1.25 bits per heavy atom. The SMILES string of the molecule is COC(=O)C(CN[C@H](C)c1ccc(C)cc1)NC(C)=O. The van der Waals surface area contributed by atoms with Crippen LogP contribution in [0.15, 0.2) is 24.3 Å². The van der Waals surface area contributed by atoms with E-state index >= 15 is 0 Å². The van der Waals surface area contributed by atoms with Crippen LogP contribution in [0.2, 0.25) is 0 Å². The standard InChI is InChI=1S/C15H22N2O3/c1-10-5-7-13(8-6-10)11(2)16-9-14(15(19)20-4)17-12(3)18/h5-8,11,14,16H,9H2,1-4H3,(H,17,18)/t11-,14?/m1/s1. The van der Waals surface area contributed by atoms with Crippen molar-refractivity contribution in [3.63, 3.8) is 0 Å². The Morgan fingerprint density at radius 3 is 2.35 bits per heavy atom. The number of benzene rings is 1. The van der Waals surface area contributed by atoms with E-state index in [4.69, 9.17) is 0 Å². The maximum Gasteiger partial charge on any atom is 0.329 e. The van der Waals surface area contributed by atoms with Gasteiger partial charge in [-0.3, -0.25) is 4.79 Å². The van der Waals surface area contributed by atoms with Gasteiger partial charge in [0.15, 0.2) is 0 Å². The third-order valence-electron chi connectivity index (χ3n) is 3.07. The maximum atomic E-state index is 11.6. The zero-order valence-electron chi connectivity index (χ0n) is 12.4. The van der Waals surface area contributed by atoms with Gasteiger partial charge in [0.25, 0.3) is 0 Å². The van der Waals surface area contributed by atoms with Gasteiger partial charge in [0.05, 0.1) is 7.11 Å². The average molecular weight is 278 g/mol. The van der Waals surface area contributed by atoms with Crippen LogP contribution < -0.4 is 10.6 Å². The molecule has 1 aromatic carbocycles. The molecule has 1 rings (SSSR count). The Labute approximate surface area is 119 Å². The molecule has 0 aliphatic carbocycles. The first kappa shape index (κ1) is 16.2. The second-order valence-electron chi connectivity index (χ2n) is 4.82. The van der Waals surface area contributed by atoms with Crippen molar-refractivity contribution in [1.82, 2.24) is 10.6 Å². The minimum absolute atomic E-state index is 0.0801. The molecule has 0 fully saturated rings. The molecule has 0 bridgehead atoms. The van der Waals surface area contributed by atoms with E-state index in [9.17, 15) is 9.59 Å². The van der Waals surface area contributed by atoms with Crippen LogP contribution >= 0.6 is 0 Å². The highest BCUT2D eigenvalue weighted by Gasteiger charge is 2.20. The minimum atomic E-state index is -0.676. The van der Waals surface area contributed by atoms with Crippen LogP contribution in [0.25, 0.3) is 0 Å². The van der Waals surface area contributed by atoms with Crippen LogP contribution in [0.5, 0.6) is 0 Å². The Hall–Kier alpha value is -1.88. The smallest absolute Gasteiger partial charge is 0.329 e. The predicted octanol–water partition coefficient (Wildman–Crippen LogP) is 1.32. The average Bonchev–Trinajstić information content (AvgIpc) is 2.42. The lowest BCUT2D eigenvalue weighted by Gasteiger charge is -2.20. The molecule has 0 aromatic heterocycles. The normalized spacial score (nSPS) is 13.4. The predicted molar refractivity (Wildman–Crippen MR) is 77.2 cm³/mol. The quantitative estimate of drug-likeness (QED) is 0.770. The zero-order valence-corrected chi connectivity index (χ0v) is 12.4. The van der Waals surface area contributed by atoms with Gasteiger partial charge in [-0.1, -0.05) is 29.8 Å². The van der Waals surface area contributed by atoms with Crippen molar-refractivity contribution in [3.05, 3.63) is 35.4 Å². The van der Waals surface area contributed by atoms with Crippen LogP contribution in [0, 0.1) is 6.92 Å². The van der Waals surface area contributed by atoms with Crippen molar-refractivity contribution in [2.45, 2.75) is 32.9 Å². The molecule has 0 radical (unpaired) electrons. The van der Waals surface area contributed by atoms with Gasteiger partial charge in [-0.2, -0.15) is 0 Å². The van der Waals surface area contributed by atoms with E-state index in [0.717, 1.165) is 5.56 Å². The number of methoxy groups -OCH3 is 1. The van der Waals surface area contributed by atoms with Crippen LogP contribution in [0.3, 0.4) is 0 Å². The van der Waals surface area contributed by atoms with Gasteiger partial charge >= 0.3 is 5.97 Å². The fraction of sp³-hybridized carbons (Fsp3) is 0.467. The lowest BCUT2D eigenvalue weighted by molar-refractivity contribution is -0.144. The molecular formula is C15H22N2O3. The minimum Gasteiger partial charge on any atom is -0.467 e. The lowest BCUT2D eigenvalue weighted by Crippen LogP contribution is -2.47. The molecule has 0 aliphatic heterocycles. The Kier molecular flexibility index (Phi) is 6.18. The highest BCUT2D eigenvalue weighted by Crippen LogP contribution is 2.12. The Balaban J connectivity index is 2.59. The van der Waals surface area contributed by atoms with Crippen molar-refractivity contribution in [2.75, 3.05) is 13.7 Å². The van der Waals surface area contributed by atoms with Crippen molar-refractivity contribution < 1.29 is 14.3 Å². The molecular weight excluding hydrogens is 256 g/mol. The molecule has 20 heavy (non-hydrogen) atoms. The number of amides is 1. The summed E-state index contributed by atoms with van der Waals surface area (Å²) in [5, 5.41) is 5.79. The molecule has 0 spiro atoms. The summed E-state index contributed by atoms with van der Waals surface area (Å²) < 4.78 is 4.67. The first-order valence-corrected chi connectivity index (χ1v) is 6.59. The van der Waals surface area contributed by atoms with Crippen LogP contribution in [0.4, 0.5) is 0 Å². The van der Waals surface area contributed by atoms with E-state index in [0.29, 0.717) is 6.54 Å². The molecule has 5 heteroatoms. The first-order valence-electron chi connectivity index (χ1n) is 6.59. The number of ether oxygens (including phenoxy) is 1. The Morgan fingerprint density at radius 2 is 1.85 bits per heavy atom. The molecule has 0 saturated heterocycles. The number of hydrogen-bond donors (Lipinski definition) is 2. The molecule has 5 nitrogen and oxygen atoms in total. The van der Waals surface area contributed by atoms with Gasteiger partial charge < -0.3 is 15.4 Å². The third kappa shape index (κ3) is 5.01. The summed E-state index contributed by atoms with van der Waals surface area (Å²) in [6.07, 6.45) is 0. The second-order valence-corrected chi connectivity index (χ2v) is 4.82. The number of esters is 1. The summed E-state index contributed by atoms with van der Waals surface area (Å²) in [7, 11) is 1.31. The Bertz CT molecular complexity index is 457. The van der Waals surface area contributed by atoms with Crippen LogP contribution in [-0.4, -0.2) is 31.6 Å². The first-order chi connectivity index (χ1) is 9.43. The second kappa shape index (κ2) is 7.65. The van der Waals surface area contributed by atoms with Crippen molar-refractivity contribution in [3.8, 4) is 0 Å². The number of carbonyl (C=O) groups is 2. The molecule has 2 atom stereocenters. The summed E-state index contributed by atoms with van der Waals surface area (Å²) in [5.41, 5.74) is 2.33. The van der Waals surface area contributed by atoms with E-state index in [2.05, 4.69) is 15.4 Å². The van der Waals surface area contributed by atoms with E-state index in [1.807, 2.05) is 38.1 Å². The van der Waals surface area contributed by atoms with Crippen molar-refractivity contribution in [1.29, 1.82) is 0 Å². The molecule has 0 aliphatic rings. The summed E-state index contributed by atoms with van der Waals surface area (Å²) >= 11 is 0. The van der Waals surface area contributed by atoms with Crippen molar-refractivity contribution in [2.24, 2.45) is 0 Å². The number of rotatable bonds is 6. The van der Waals surface area contributed by atoms with Crippen LogP contribution in [-0.2, 0) is 14.3 Å². The van der Waals surface area contributed by atoms with Crippen molar-refractivity contribution >= 4 is 11.9 Å². The highest BCUT2D eigenvalue weighted by molar-refractivity contribution is 5.83. The summed E-state index contributed by atoms with van der Waals surface area (Å²) in [6.45, 7) is 5.74. The van der Waals surface area contributed by atoms with E-state index in [1.54, 1.807) is 0 Å². The molecule has 1 aromatic rings. The number of hydrogen-bond acceptors (Lipinski definition) is 4. The largest absolute Gasteiger partial charge is 0.467 e. The fourth-order valence-electron chi connectivity index (χ4n) is 1.85. The van der Waals surface area contributed by atoms with E-state index < -0.39 is 12.0 Å². The zero-order chi connectivity index (χ0) is 15.1. The lowest BCUT2D eigenvalue weighted by atomic mass is 10.1. The molecule has 110 valence electrons. The van der Waals surface area contributed by atoms with Gasteiger partial charge in [0.2, 0.25) is 5.91 Å². The van der Waals surface area contributed by atoms with E-state index in [-0.39, 0.29) is 11.9 Å². The van der Waals surface area contributed by atoms with Gasteiger partial charge in [-0.05, 0) is 19.4 Å². The molecule has 2 N–H and O–H groups in total. The number of nitrogens with one attached hydrogen (secondary N) is 2. The summed E-state index contributed by atoms with van der Waals surface area (Å²) in [6, 6.07) is 7.57. The van der Waals surface area contributed by atoms with Crippen LogP contribution in [0.1, 0.15) is 31.0 Å². The monoisotopic (exact) mass is 278 g/mol. The number of aryl methyl sites for hydroxylation is 1. The summed E-state index contributed by atoms with van der Waals surface area (Å²) in [5.74, 6) is -0.714. The molecule has 1 unspecified atom stereocenters. The molecule has 0 saturated carbocycles. The van der Waals surface area contributed by atoms with Gasteiger partial charge in [-0.25, -0.2) is 4.79 Å². The molecule has 0 heterocycles.